The number of ether oxygens (including phenoxy) is 4. The maximum Gasteiger partial charge on any atom is 0.335 e. The molecule has 7 aliphatic rings. The summed E-state index contributed by atoms with van der Waals surface area (Å²) in [6.07, 6.45) is -12.5. The van der Waals surface area contributed by atoms with E-state index in [1.54, 1.807) is 6.92 Å². The average molecular weight is 840 g/mol. The predicted octanol–water partition coefficient (Wildman–Crippen LogP) is 1.29. The van der Waals surface area contributed by atoms with E-state index in [1.807, 2.05) is 19.9 Å². The number of hydrogen-bond donors (Lipinski definition) is 8. The van der Waals surface area contributed by atoms with Crippen LogP contribution in [0.4, 0.5) is 0 Å². The molecule has 4 unspecified atom stereocenters. The lowest BCUT2D eigenvalue weighted by molar-refractivity contribution is -0.371. The van der Waals surface area contributed by atoms with Gasteiger partial charge in [-0.25, -0.2) is 9.59 Å². The fourth-order valence-electron chi connectivity index (χ4n) is 13.4. The number of quaternary nitrogens is 1. The summed E-state index contributed by atoms with van der Waals surface area (Å²) in [6.45, 7) is 14.7. The van der Waals surface area contributed by atoms with Crippen LogP contribution in [0.25, 0.3) is 0 Å². The van der Waals surface area contributed by atoms with Crippen molar-refractivity contribution < 1.29 is 79.0 Å². The zero-order chi connectivity index (χ0) is 42.9. The summed E-state index contributed by atoms with van der Waals surface area (Å²) in [7, 11) is 0. The lowest BCUT2D eigenvalue weighted by atomic mass is 9.33. The number of carboxylic acids is 3. The highest BCUT2D eigenvalue weighted by molar-refractivity contribution is 5.95. The van der Waals surface area contributed by atoms with E-state index in [9.17, 15) is 60.0 Å². The van der Waals surface area contributed by atoms with Crippen LogP contribution >= 0.6 is 0 Å². The highest BCUT2D eigenvalue weighted by atomic mass is 16.8. The van der Waals surface area contributed by atoms with Gasteiger partial charge in [0.25, 0.3) is 0 Å². The Hall–Kier alpha value is -2.58. The van der Waals surface area contributed by atoms with E-state index in [4.69, 9.17) is 18.9 Å². The van der Waals surface area contributed by atoms with Crippen LogP contribution in [0.15, 0.2) is 11.6 Å². The molecular weight excluding hydrogens is 774 g/mol. The smallest absolute Gasteiger partial charge is 0.335 e. The van der Waals surface area contributed by atoms with Crippen LogP contribution in [0.2, 0.25) is 0 Å². The average Bonchev–Trinajstić information content (AvgIpc) is 3.13. The Bertz CT molecular complexity index is 1740. The van der Waals surface area contributed by atoms with Gasteiger partial charge in [-0.1, -0.05) is 54.0 Å². The maximum atomic E-state index is 14.8. The molecule has 334 valence electrons. The third-order valence-corrected chi connectivity index (χ3v) is 17.2. The fourth-order valence-corrected chi connectivity index (χ4v) is 13.4. The summed E-state index contributed by atoms with van der Waals surface area (Å²) in [4.78, 5) is 51.2. The molecule has 0 aromatic carbocycles. The van der Waals surface area contributed by atoms with Crippen LogP contribution in [0, 0.1) is 50.2 Å². The van der Waals surface area contributed by atoms with E-state index in [2.05, 4.69) is 27.7 Å². The molecule has 6 fully saturated rings. The molecule has 4 saturated carbocycles. The number of carbonyl (C=O) groups excluding carboxylic acids is 2. The van der Waals surface area contributed by atoms with Crippen LogP contribution in [0.5, 0.6) is 0 Å². The van der Waals surface area contributed by atoms with Gasteiger partial charge in [-0.2, -0.15) is 0 Å². The Morgan fingerprint density at radius 2 is 1.31 bits per heavy atom. The summed E-state index contributed by atoms with van der Waals surface area (Å²) < 4.78 is 23.4. The number of carboxylic acid groups (broad SMARTS) is 3. The predicted molar refractivity (Wildman–Crippen MR) is 203 cm³/mol. The number of fused-ring (bicyclic) bond motifs is 7. The number of rotatable bonds is 7. The van der Waals surface area contributed by atoms with Crippen molar-refractivity contribution in [2.45, 2.75) is 174 Å². The third-order valence-electron chi connectivity index (χ3n) is 17.2. The number of aliphatic hydroxyl groups excluding tert-OH is 5. The minimum absolute atomic E-state index is 0. The van der Waals surface area contributed by atoms with Crippen molar-refractivity contribution in [2.75, 3.05) is 0 Å². The summed E-state index contributed by atoms with van der Waals surface area (Å²) in [5, 5.41) is 85.1. The van der Waals surface area contributed by atoms with E-state index in [1.165, 1.54) is 0 Å². The Morgan fingerprint density at radius 3 is 1.90 bits per heavy atom. The standard InChI is InChI=1S/C42H62O16.H3N/c1-37(2)21-8-11-42(7)31(20(43)16-18-19-17-39(4,36(53)54)13-12-38(19,3)14-15-41(18,42)6)40(21,5)10-9-22(37)55-35-30(26(47)25(46)29(57-35)33(51)52)58-34-27(48)23(44)24(45)28(56-34)32(49)50;/h16,19,21-31,34-35,44-48H,8-15,17H2,1-7H3,(H,49,50)(H,51,52)(H,53,54);1H3/t19?,21-,22-,23+,24+,25+,26+,27-,28+,29+,30-,31+,34+,35+,38?,39-,40?,41+,42?;/m0./s1. The minimum Gasteiger partial charge on any atom is -0.550 e. The number of ketones is 1. The van der Waals surface area contributed by atoms with Gasteiger partial charge in [0.15, 0.2) is 30.6 Å². The van der Waals surface area contributed by atoms with Gasteiger partial charge in [0.05, 0.1) is 6.10 Å². The van der Waals surface area contributed by atoms with Crippen molar-refractivity contribution in [2.24, 2.45) is 50.2 Å². The van der Waals surface area contributed by atoms with Gasteiger partial charge in [0, 0.05) is 17.3 Å². The summed E-state index contributed by atoms with van der Waals surface area (Å²) >= 11 is 0. The first-order valence-corrected chi connectivity index (χ1v) is 20.7. The normalized spacial score (nSPS) is 51.7. The first-order chi connectivity index (χ1) is 26.8. The number of aliphatic carboxylic acids is 3. The van der Waals surface area contributed by atoms with E-state index >= 15 is 0 Å². The number of aliphatic hydroxyl groups is 5. The molecule has 2 aliphatic heterocycles. The zero-order valence-electron chi connectivity index (χ0n) is 35.3. The molecule has 0 aromatic rings. The Kier molecular flexibility index (Phi) is 11.7. The largest absolute Gasteiger partial charge is 0.550 e. The van der Waals surface area contributed by atoms with Gasteiger partial charge < -0.3 is 70.7 Å². The van der Waals surface area contributed by atoms with Crippen LogP contribution < -0.4 is 11.3 Å². The van der Waals surface area contributed by atoms with Gasteiger partial charge in [0.2, 0.25) is 0 Å². The van der Waals surface area contributed by atoms with Crippen LogP contribution in [-0.2, 0) is 38.1 Å². The van der Waals surface area contributed by atoms with E-state index < -0.39 is 107 Å². The first-order valence-electron chi connectivity index (χ1n) is 20.7. The first kappa shape index (κ1) is 45.9. The molecule has 17 nitrogen and oxygen atoms in total. The van der Waals surface area contributed by atoms with Crippen molar-refractivity contribution in [3.63, 3.8) is 0 Å². The van der Waals surface area contributed by atoms with Gasteiger partial charge in [-0.05, 0) is 103 Å². The van der Waals surface area contributed by atoms with Gasteiger partial charge in [-0.3, -0.25) is 4.79 Å². The zero-order valence-corrected chi connectivity index (χ0v) is 35.3. The number of allylic oxidation sites excluding steroid dienone is 2. The molecule has 0 radical (unpaired) electrons. The van der Waals surface area contributed by atoms with Crippen LogP contribution in [0.1, 0.15) is 106 Å². The third kappa shape index (κ3) is 6.72. The quantitative estimate of drug-likeness (QED) is 0.168. The molecule has 5 aliphatic carbocycles. The summed E-state index contributed by atoms with van der Waals surface area (Å²) in [5.41, 5.74) is -2.03. The van der Waals surface area contributed by atoms with E-state index in [0.29, 0.717) is 38.5 Å². The van der Waals surface area contributed by atoms with Crippen molar-refractivity contribution in [1.82, 2.24) is 6.15 Å². The molecule has 19 atom stereocenters. The maximum absolute atomic E-state index is 14.8. The summed E-state index contributed by atoms with van der Waals surface area (Å²) in [6, 6.07) is 0. The number of carbonyl (C=O) groups is 4. The molecule has 2 heterocycles. The molecule has 11 N–H and O–H groups in total. The second-order valence-corrected chi connectivity index (χ2v) is 20.6. The molecule has 0 bridgehead atoms. The lowest BCUT2D eigenvalue weighted by Crippen LogP contribution is -2.68. The molecule has 59 heavy (non-hydrogen) atoms. The van der Waals surface area contributed by atoms with Crippen molar-refractivity contribution in [3.05, 3.63) is 11.6 Å². The van der Waals surface area contributed by atoms with Gasteiger partial charge in [0.1, 0.15) is 36.6 Å². The summed E-state index contributed by atoms with van der Waals surface area (Å²) in [5.74, 6) is -4.80. The highest BCUT2D eigenvalue weighted by Gasteiger charge is 2.70. The second-order valence-electron chi connectivity index (χ2n) is 20.6. The van der Waals surface area contributed by atoms with Gasteiger partial charge in [-0.15, -0.1) is 0 Å². The molecular formula is C42H65NO16. The van der Waals surface area contributed by atoms with E-state index in [0.717, 1.165) is 24.8 Å². The Morgan fingerprint density at radius 1 is 0.729 bits per heavy atom. The molecule has 7 rings (SSSR count). The van der Waals surface area contributed by atoms with Crippen molar-refractivity contribution >= 4 is 23.7 Å². The topological polar surface area (TPSA) is 306 Å². The lowest BCUT2D eigenvalue weighted by Gasteiger charge is -2.70. The fraction of sp³-hybridized carbons (Fsp3) is 0.857. The number of hydrogen-bond acceptors (Lipinski definition) is 14. The van der Waals surface area contributed by atoms with Crippen LogP contribution in [-0.4, -0.2) is 127 Å². The highest BCUT2D eigenvalue weighted by Crippen LogP contribution is 2.75. The van der Waals surface area contributed by atoms with Crippen molar-refractivity contribution in [1.29, 1.82) is 0 Å². The molecule has 0 aromatic heterocycles. The molecule has 0 spiro atoms. The second kappa shape index (κ2) is 15.1. The van der Waals surface area contributed by atoms with E-state index in [-0.39, 0.29) is 40.5 Å². The van der Waals surface area contributed by atoms with Crippen molar-refractivity contribution in [3.8, 4) is 0 Å². The SMILES string of the molecule is CC12CC[C@](C)(C(=O)[O-])CC1C1=CC(=O)[C@@H]3C4(C)CC[C@H](O[C@@H]5O[C@@H](C(=O)O)[C@H](O)[C@@H](O)[C@@H]5O[C@H]5O[C@@H](C(=O)O)[C@H](O)[C@@H](O)[C@@H]5O)C(C)(C)[C@@H]4CCC3(C)[C@]1(C)CC2.[NH4+]. The molecule has 17 heteroatoms. The Labute approximate surface area is 344 Å². The molecule has 0 amide bonds. The molecule has 2 saturated heterocycles. The monoisotopic (exact) mass is 839 g/mol. The van der Waals surface area contributed by atoms with Gasteiger partial charge >= 0.3 is 11.9 Å². The minimum atomic E-state index is -2.05. The van der Waals surface area contributed by atoms with Crippen LogP contribution in [0.3, 0.4) is 0 Å². The Balaban J connectivity index is 0.00000585.